The average molecular weight is 249 g/mol. The summed E-state index contributed by atoms with van der Waals surface area (Å²) >= 11 is 5.93. The first kappa shape index (κ1) is 10.7. The normalized spacial score (nSPS) is 15.1. The molecule has 17 heavy (non-hydrogen) atoms. The van der Waals surface area contributed by atoms with Crippen LogP contribution in [0.4, 0.5) is 0 Å². The smallest absolute Gasteiger partial charge is 0.0969 e. The number of nitrogens with zero attached hydrogens (tertiary/aromatic N) is 3. The van der Waals surface area contributed by atoms with Crippen molar-refractivity contribution in [2.75, 3.05) is 0 Å². The zero-order chi connectivity index (χ0) is 11.7. The van der Waals surface area contributed by atoms with Crippen molar-refractivity contribution in [3.63, 3.8) is 0 Å². The summed E-state index contributed by atoms with van der Waals surface area (Å²) in [5.74, 6) is 0. The van der Waals surface area contributed by atoms with Crippen LogP contribution in [-0.2, 0) is 6.54 Å². The monoisotopic (exact) mass is 248 g/mol. The second-order valence-corrected chi connectivity index (χ2v) is 4.70. The van der Waals surface area contributed by atoms with Crippen LogP contribution in [0.5, 0.6) is 0 Å². The highest BCUT2D eigenvalue weighted by Crippen LogP contribution is 2.19. The third kappa shape index (κ3) is 2.65. The van der Waals surface area contributed by atoms with Gasteiger partial charge < -0.3 is 5.32 Å². The van der Waals surface area contributed by atoms with Gasteiger partial charge in [-0.1, -0.05) is 17.7 Å². The van der Waals surface area contributed by atoms with E-state index in [1.165, 1.54) is 12.8 Å². The first-order valence-corrected chi connectivity index (χ1v) is 6.09. The van der Waals surface area contributed by atoms with Crippen molar-refractivity contribution in [3.8, 4) is 5.69 Å². The third-order valence-corrected chi connectivity index (χ3v) is 2.96. The van der Waals surface area contributed by atoms with E-state index in [1.807, 2.05) is 24.3 Å². The molecule has 1 aromatic heterocycles. The van der Waals surface area contributed by atoms with Gasteiger partial charge >= 0.3 is 0 Å². The first-order valence-electron chi connectivity index (χ1n) is 5.72. The molecule has 5 heteroatoms. The number of rotatable bonds is 4. The van der Waals surface area contributed by atoms with E-state index in [1.54, 1.807) is 11.0 Å². The van der Waals surface area contributed by atoms with Crippen molar-refractivity contribution in [1.29, 1.82) is 0 Å². The molecule has 0 spiro atoms. The van der Waals surface area contributed by atoms with Gasteiger partial charge in [-0.3, -0.25) is 0 Å². The summed E-state index contributed by atoms with van der Waals surface area (Å²) in [5.41, 5.74) is 1.84. The first-order chi connectivity index (χ1) is 8.31. The van der Waals surface area contributed by atoms with Crippen LogP contribution in [0, 0.1) is 0 Å². The van der Waals surface area contributed by atoms with E-state index < -0.39 is 0 Å². The minimum absolute atomic E-state index is 0.686. The summed E-state index contributed by atoms with van der Waals surface area (Å²) in [5, 5.41) is 12.7. The van der Waals surface area contributed by atoms with Gasteiger partial charge in [-0.25, -0.2) is 0 Å². The molecule has 1 heterocycles. The number of benzene rings is 1. The molecule has 2 aromatic rings. The van der Waals surface area contributed by atoms with Crippen LogP contribution in [0.25, 0.3) is 5.69 Å². The molecule has 1 aromatic carbocycles. The molecule has 3 rings (SSSR count). The Morgan fingerprint density at radius 1 is 1.41 bits per heavy atom. The molecule has 1 saturated carbocycles. The summed E-state index contributed by atoms with van der Waals surface area (Å²) in [6.07, 6.45) is 4.35. The van der Waals surface area contributed by atoms with Crippen LogP contribution in [0.2, 0.25) is 5.02 Å². The molecule has 0 atom stereocenters. The van der Waals surface area contributed by atoms with Gasteiger partial charge in [0.2, 0.25) is 0 Å². The van der Waals surface area contributed by atoms with Crippen molar-refractivity contribution >= 4 is 11.6 Å². The van der Waals surface area contributed by atoms with E-state index in [9.17, 15) is 0 Å². The van der Waals surface area contributed by atoms with Crippen LogP contribution >= 0.6 is 11.6 Å². The Kier molecular flexibility index (Phi) is 2.82. The maximum absolute atomic E-state index is 5.93. The van der Waals surface area contributed by atoms with Crippen LogP contribution in [0.1, 0.15) is 18.5 Å². The van der Waals surface area contributed by atoms with E-state index in [0.29, 0.717) is 11.1 Å². The Balaban J connectivity index is 1.74. The lowest BCUT2D eigenvalue weighted by Crippen LogP contribution is -2.15. The number of hydrogen-bond acceptors (Lipinski definition) is 3. The predicted octanol–water partition coefficient (Wildman–Crippen LogP) is 2.17. The summed E-state index contributed by atoms with van der Waals surface area (Å²) in [6, 6.07) is 8.20. The van der Waals surface area contributed by atoms with Crippen LogP contribution in [0.3, 0.4) is 0 Å². The zero-order valence-electron chi connectivity index (χ0n) is 9.31. The lowest BCUT2D eigenvalue weighted by molar-refractivity contribution is 0.658. The molecule has 0 radical (unpaired) electrons. The molecule has 0 saturated heterocycles. The molecule has 0 unspecified atom stereocenters. The van der Waals surface area contributed by atoms with Crippen molar-refractivity contribution in [2.24, 2.45) is 0 Å². The lowest BCUT2D eigenvalue weighted by atomic mass is 10.3. The van der Waals surface area contributed by atoms with Gasteiger partial charge in [0.15, 0.2) is 0 Å². The third-order valence-electron chi connectivity index (χ3n) is 2.73. The second kappa shape index (κ2) is 4.47. The maximum atomic E-state index is 5.93. The number of hydrogen-bond donors (Lipinski definition) is 1. The average Bonchev–Trinajstić information content (AvgIpc) is 3.04. The Labute approximate surface area is 105 Å². The van der Waals surface area contributed by atoms with Crippen molar-refractivity contribution in [3.05, 3.63) is 41.2 Å². The van der Waals surface area contributed by atoms with Gasteiger partial charge in [0, 0.05) is 17.6 Å². The van der Waals surface area contributed by atoms with Gasteiger partial charge in [0.1, 0.15) is 0 Å². The molecular formula is C12H13ClN4. The van der Waals surface area contributed by atoms with Gasteiger partial charge in [-0.15, -0.1) is 0 Å². The Morgan fingerprint density at radius 2 is 2.29 bits per heavy atom. The molecule has 88 valence electrons. The number of nitrogens with one attached hydrogen (secondary N) is 1. The lowest BCUT2D eigenvalue weighted by Gasteiger charge is -2.00. The second-order valence-electron chi connectivity index (χ2n) is 4.26. The van der Waals surface area contributed by atoms with Crippen molar-refractivity contribution in [1.82, 2.24) is 20.3 Å². The predicted molar refractivity (Wildman–Crippen MR) is 66.2 cm³/mol. The molecule has 1 aliphatic carbocycles. The standard InChI is InChI=1S/C12H13ClN4/c13-9-2-1-3-12(6-9)17-15-8-11(16-17)7-14-10-4-5-10/h1-3,6,8,10,14H,4-5,7H2. The Morgan fingerprint density at radius 3 is 3.06 bits per heavy atom. The number of halogens is 1. The van der Waals surface area contributed by atoms with Gasteiger partial charge in [0.25, 0.3) is 0 Å². The molecule has 1 fully saturated rings. The molecule has 0 amide bonds. The fraction of sp³-hybridized carbons (Fsp3) is 0.333. The largest absolute Gasteiger partial charge is 0.308 e. The van der Waals surface area contributed by atoms with Crippen molar-refractivity contribution in [2.45, 2.75) is 25.4 Å². The summed E-state index contributed by atoms with van der Waals surface area (Å²) < 4.78 is 0. The summed E-state index contributed by atoms with van der Waals surface area (Å²) in [4.78, 5) is 1.61. The molecule has 0 bridgehead atoms. The molecular weight excluding hydrogens is 236 g/mol. The van der Waals surface area contributed by atoms with E-state index in [2.05, 4.69) is 15.5 Å². The highest BCUT2D eigenvalue weighted by Gasteiger charge is 2.20. The highest BCUT2D eigenvalue weighted by atomic mass is 35.5. The zero-order valence-corrected chi connectivity index (χ0v) is 10.1. The van der Waals surface area contributed by atoms with E-state index in [4.69, 9.17) is 11.6 Å². The summed E-state index contributed by atoms with van der Waals surface area (Å²) in [6.45, 7) is 0.783. The fourth-order valence-electron chi connectivity index (χ4n) is 1.64. The SMILES string of the molecule is Clc1cccc(-n2ncc(CNC3CC3)n2)c1. The molecule has 0 aliphatic heterocycles. The van der Waals surface area contributed by atoms with Gasteiger partial charge in [-0.05, 0) is 31.0 Å². The van der Waals surface area contributed by atoms with Gasteiger partial charge in [-0.2, -0.15) is 15.0 Å². The Hall–Kier alpha value is -1.39. The highest BCUT2D eigenvalue weighted by molar-refractivity contribution is 6.30. The molecule has 4 nitrogen and oxygen atoms in total. The number of aromatic nitrogens is 3. The van der Waals surface area contributed by atoms with E-state index >= 15 is 0 Å². The minimum Gasteiger partial charge on any atom is -0.308 e. The van der Waals surface area contributed by atoms with Crippen molar-refractivity contribution < 1.29 is 0 Å². The van der Waals surface area contributed by atoms with E-state index in [-0.39, 0.29) is 0 Å². The molecule has 1 N–H and O–H groups in total. The Bertz CT molecular complexity index is 519. The van der Waals surface area contributed by atoms with Crippen LogP contribution in [0.15, 0.2) is 30.5 Å². The van der Waals surface area contributed by atoms with Crippen LogP contribution in [-0.4, -0.2) is 21.0 Å². The molecule has 1 aliphatic rings. The topological polar surface area (TPSA) is 42.7 Å². The maximum Gasteiger partial charge on any atom is 0.0969 e. The van der Waals surface area contributed by atoms with Gasteiger partial charge in [0.05, 0.1) is 17.6 Å². The fourth-order valence-corrected chi connectivity index (χ4v) is 1.82. The van der Waals surface area contributed by atoms with E-state index in [0.717, 1.165) is 17.9 Å². The van der Waals surface area contributed by atoms with Crippen LogP contribution < -0.4 is 5.32 Å². The summed E-state index contributed by atoms with van der Waals surface area (Å²) in [7, 11) is 0. The minimum atomic E-state index is 0.686. The quantitative estimate of drug-likeness (QED) is 0.902.